The molecule has 5 rings (SSSR count). The summed E-state index contributed by atoms with van der Waals surface area (Å²) in [4.78, 5) is 50.2. The van der Waals surface area contributed by atoms with Crippen molar-refractivity contribution in [1.82, 2.24) is 10.2 Å². The van der Waals surface area contributed by atoms with E-state index in [4.69, 9.17) is 0 Å². The van der Waals surface area contributed by atoms with Gasteiger partial charge in [-0.15, -0.1) is 11.3 Å². The molecule has 0 spiro atoms. The van der Waals surface area contributed by atoms with Crippen molar-refractivity contribution in [2.75, 3.05) is 5.75 Å². The number of amides is 2. The van der Waals surface area contributed by atoms with E-state index in [-0.39, 0.29) is 29.8 Å². The third-order valence-electron chi connectivity index (χ3n) is 5.39. The van der Waals surface area contributed by atoms with Gasteiger partial charge in [0, 0.05) is 16.0 Å². The summed E-state index contributed by atoms with van der Waals surface area (Å²) in [7, 11) is 0. The minimum absolute atomic E-state index is 0.0483. The van der Waals surface area contributed by atoms with Crippen molar-refractivity contribution in [2.45, 2.75) is 19.0 Å². The van der Waals surface area contributed by atoms with Gasteiger partial charge in [-0.25, -0.2) is 9.89 Å². The first-order valence-corrected chi connectivity index (χ1v) is 12.6. The lowest BCUT2D eigenvalue weighted by Crippen LogP contribution is -2.42. The number of nitrogens with one attached hydrogen (secondary N) is 1. The Morgan fingerprint density at radius 3 is 2.62 bits per heavy atom. The largest absolute Gasteiger partial charge is 0.351 e. The number of Topliss-reactive ketones (excluding diaryl/α,β-unsaturated/α-hetero) is 1. The molecule has 0 unspecified atom stereocenters. The van der Waals surface area contributed by atoms with Crippen LogP contribution < -0.4 is 5.32 Å². The highest BCUT2D eigenvalue weighted by Crippen LogP contribution is 2.34. The second-order valence-electron chi connectivity index (χ2n) is 7.69. The number of benzene rings is 2. The van der Waals surface area contributed by atoms with Crippen LogP contribution in [-0.2, 0) is 16.1 Å². The molecule has 1 N–H and O–H groups in total. The molecule has 0 aliphatic carbocycles. The number of thioether (sulfide) groups is 1. The topological polar surface area (TPSA) is 91.2 Å². The van der Waals surface area contributed by atoms with E-state index in [2.05, 4.69) is 15.3 Å². The average molecular weight is 489 g/mol. The number of aliphatic imine (C=N–C) groups is 2. The molecule has 7 nitrogen and oxygen atoms in total. The number of hydrogen-bond acceptors (Lipinski definition) is 7. The molecular weight excluding hydrogens is 468 g/mol. The second-order valence-corrected chi connectivity index (χ2v) is 9.67. The molecule has 2 aliphatic heterocycles. The molecular formula is C25H20N4O3S2. The number of thiophene rings is 1. The molecule has 1 atom stereocenters. The fourth-order valence-corrected chi connectivity index (χ4v) is 5.26. The highest BCUT2D eigenvalue weighted by Gasteiger charge is 2.42. The molecule has 9 heteroatoms. The molecule has 34 heavy (non-hydrogen) atoms. The van der Waals surface area contributed by atoms with Gasteiger partial charge in [0.15, 0.2) is 11.0 Å². The zero-order valence-electron chi connectivity index (χ0n) is 18.0. The minimum atomic E-state index is -0.833. The van der Waals surface area contributed by atoms with Gasteiger partial charge in [0.1, 0.15) is 11.9 Å². The maximum atomic E-state index is 13.3. The van der Waals surface area contributed by atoms with E-state index >= 15 is 0 Å². The Balaban J connectivity index is 1.33. The van der Waals surface area contributed by atoms with Crippen LogP contribution in [0.4, 0.5) is 5.69 Å². The van der Waals surface area contributed by atoms with Crippen LogP contribution in [0.15, 0.2) is 82.1 Å². The summed E-state index contributed by atoms with van der Waals surface area (Å²) in [6.07, 6.45) is -0.0483. The van der Waals surface area contributed by atoms with Crippen molar-refractivity contribution >= 4 is 57.4 Å². The predicted octanol–water partition coefficient (Wildman–Crippen LogP) is 4.03. The summed E-state index contributed by atoms with van der Waals surface area (Å²) in [6.45, 7) is 0.421. The van der Waals surface area contributed by atoms with Crippen molar-refractivity contribution in [3.05, 3.63) is 88.1 Å². The van der Waals surface area contributed by atoms with Gasteiger partial charge < -0.3 is 5.32 Å². The zero-order valence-corrected chi connectivity index (χ0v) is 19.6. The predicted molar refractivity (Wildman–Crippen MR) is 135 cm³/mol. The molecule has 2 aromatic carbocycles. The van der Waals surface area contributed by atoms with Crippen LogP contribution in [0.25, 0.3) is 0 Å². The van der Waals surface area contributed by atoms with Gasteiger partial charge >= 0.3 is 0 Å². The number of ketones is 1. The Morgan fingerprint density at radius 2 is 1.82 bits per heavy atom. The summed E-state index contributed by atoms with van der Waals surface area (Å²) >= 11 is 2.76. The van der Waals surface area contributed by atoms with E-state index in [0.717, 1.165) is 10.4 Å². The van der Waals surface area contributed by atoms with E-state index in [0.29, 0.717) is 28.8 Å². The van der Waals surface area contributed by atoms with Crippen LogP contribution in [0.1, 0.15) is 27.2 Å². The van der Waals surface area contributed by atoms with Gasteiger partial charge in [-0.1, -0.05) is 60.3 Å². The van der Waals surface area contributed by atoms with Gasteiger partial charge in [-0.05, 0) is 23.6 Å². The first kappa shape index (κ1) is 22.2. The SMILES string of the molecule is O=C(C[C@@H]1N=C2c3ccccc3N=C(SCC(=O)c3ccccc3)N2C1=O)NCc1cccs1. The fraction of sp³-hybridized carbons (Fsp3) is 0.160. The molecule has 0 saturated heterocycles. The van der Waals surface area contributed by atoms with Crippen molar-refractivity contribution in [3.63, 3.8) is 0 Å². The number of carbonyl (C=O) groups is 3. The number of nitrogens with zero attached hydrogens (tertiary/aromatic N) is 3. The van der Waals surface area contributed by atoms with Crippen LogP contribution in [0, 0.1) is 0 Å². The van der Waals surface area contributed by atoms with E-state index in [9.17, 15) is 14.4 Å². The Hall–Kier alpha value is -3.56. The van der Waals surface area contributed by atoms with Crippen LogP contribution in [0.2, 0.25) is 0 Å². The van der Waals surface area contributed by atoms with Gasteiger partial charge in [0.05, 0.1) is 24.4 Å². The van der Waals surface area contributed by atoms with Crippen molar-refractivity contribution in [2.24, 2.45) is 9.98 Å². The molecule has 2 aliphatic rings. The zero-order chi connectivity index (χ0) is 23.5. The number of hydrogen-bond donors (Lipinski definition) is 1. The third kappa shape index (κ3) is 4.57. The fourth-order valence-electron chi connectivity index (χ4n) is 3.72. The smallest absolute Gasteiger partial charge is 0.259 e. The summed E-state index contributed by atoms with van der Waals surface area (Å²) in [6, 6.07) is 19.5. The van der Waals surface area contributed by atoms with Crippen molar-refractivity contribution < 1.29 is 14.4 Å². The number of fused-ring (bicyclic) bond motifs is 3. The highest BCUT2D eigenvalue weighted by atomic mass is 32.2. The van der Waals surface area contributed by atoms with E-state index < -0.39 is 6.04 Å². The van der Waals surface area contributed by atoms with Crippen molar-refractivity contribution in [1.29, 1.82) is 0 Å². The summed E-state index contributed by atoms with van der Waals surface area (Å²) in [5.74, 6) is 0.000505. The maximum Gasteiger partial charge on any atom is 0.259 e. The monoisotopic (exact) mass is 488 g/mol. The Labute approximate surface area is 204 Å². The lowest BCUT2D eigenvalue weighted by atomic mass is 10.1. The maximum absolute atomic E-state index is 13.3. The molecule has 0 radical (unpaired) electrons. The molecule has 2 amide bonds. The van der Waals surface area contributed by atoms with Gasteiger partial charge in [0.2, 0.25) is 5.91 Å². The Morgan fingerprint density at radius 1 is 1.03 bits per heavy atom. The third-order valence-corrected chi connectivity index (χ3v) is 7.21. The lowest BCUT2D eigenvalue weighted by molar-refractivity contribution is -0.128. The van der Waals surface area contributed by atoms with Crippen LogP contribution >= 0.6 is 23.1 Å². The first-order valence-electron chi connectivity index (χ1n) is 10.7. The number of rotatable bonds is 7. The lowest BCUT2D eigenvalue weighted by Gasteiger charge is -2.25. The molecule has 0 fully saturated rings. The first-order chi connectivity index (χ1) is 16.6. The van der Waals surface area contributed by atoms with Gasteiger partial charge in [0.25, 0.3) is 5.91 Å². The molecule has 3 aromatic rings. The summed E-state index contributed by atoms with van der Waals surface area (Å²) in [5, 5.41) is 5.20. The quantitative estimate of drug-likeness (QED) is 0.509. The number of amidine groups is 2. The molecule has 0 bridgehead atoms. The van der Waals surface area contributed by atoms with Crippen LogP contribution in [-0.4, -0.2) is 45.3 Å². The molecule has 0 saturated carbocycles. The standard InChI is InChI=1S/C25H20N4O3S2/c30-21(16-7-2-1-3-8-16)15-34-25-28-19-11-5-4-10-18(19)23-27-20(24(32)29(23)25)13-22(31)26-14-17-9-6-12-33-17/h1-12,20H,13-15H2,(H,26,31)/t20-/m0/s1. The molecule has 1 aromatic heterocycles. The Bertz CT molecular complexity index is 1300. The van der Waals surface area contributed by atoms with E-state index in [1.54, 1.807) is 23.5 Å². The van der Waals surface area contributed by atoms with Gasteiger partial charge in [-0.3, -0.25) is 19.4 Å². The average Bonchev–Trinajstić information content (AvgIpc) is 3.50. The van der Waals surface area contributed by atoms with Gasteiger partial charge in [-0.2, -0.15) is 0 Å². The molecule has 170 valence electrons. The number of carbonyl (C=O) groups excluding carboxylic acids is 3. The highest BCUT2D eigenvalue weighted by molar-refractivity contribution is 8.14. The van der Waals surface area contributed by atoms with Crippen LogP contribution in [0.3, 0.4) is 0 Å². The second kappa shape index (κ2) is 9.74. The normalized spacial score (nSPS) is 16.4. The minimum Gasteiger partial charge on any atom is -0.351 e. The number of para-hydroxylation sites is 1. The Kier molecular flexibility index (Phi) is 6.37. The van der Waals surface area contributed by atoms with E-state index in [1.165, 1.54) is 16.7 Å². The summed E-state index contributed by atoms with van der Waals surface area (Å²) in [5.41, 5.74) is 2.02. The summed E-state index contributed by atoms with van der Waals surface area (Å²) < 4.78 is 0. The molecule has 3 heterocycles. The van der Waals surface area contributed by atoms with Crippen LogP contribution in [0.5, 0.6) is 0 Å². The van der Waals surface area contributed by atoms with E-state index in [1.807, 2.05) is 60.0 Å². The van der Waals surface area contributed by atoms with Crippen molar-refractivity contribution in [3.8, 4) is 0 Å².